The molecule has 2 atom stereocenters. The average Bonchev–Trinajstić information content (AvgIpc) is 2.77. The van der Waals surface area contributed by atoms with Crippen LogP contribution in [0.2, 0.25) is 0 Å². The molecule has 0 unspecified atom stereocenters. The van der Waals surface area contributed by atoms with Crippen LogP contribution in [0.5, 0.6) is 0 Å². The Labute approximate surface area is 104 Å². The van der Waals surface area contributed by atoms with Crippen LogP contribution in [0.15, 0.2) is 24.3 Å². The van der Waals surface area contributed by atoms with Crippen molar-refractivity contribution in [3.05, 3.63) is 35.4 Å². The van der Waals surface area contributed by atoms with Gasteiger partial charge in [0.2, 0.25) is 0 Å². The normalized spacial score (nSPS) is 32.6. The Bertz CT molecular complexity index is 454. The van der Waals surface area contributed by atoms with Gasteiger partial charge >= 0.3 is 0 Å². The van der Waals surface area contributed by atoms with E-state index in [2.05, 4.69) is 56.9 Å². The Morgan fingerprint density at radius 2 is 2.18 bits per heavy atom. The number of hydrogen-bond donors (Lipinski definition) is 0. The van der Waals surface area contributed by atoms with Crippen molar-refractivity contribution in [2.24, 2.45) is 0 Å². The average molecular weight is 231 g/mol. The molecule has 2 fully saturated rings. The lowest BCUT2D eigenvalue weighted by Gasteiger charge is -2.37. The summed E-state index contributed by atoms with van der Waals surface area (Å²) in [5, 5.41) is 0. The largest absolute Gasteiger partial charge is 0.364 e. The Balaban J connectivity index is 1.86. The van der Waals surface area contributed by atoms with E-state index in [0.29, 0.717) is 6.10 Å². The zero-order valence-electron chi connectivity index (χ0n) is 11.2. The Morgan fingerprint density at radius 3 is 2.76 bits per heavy atom. The topological polar surface area (TPSA) is 15.8 Å². The summed E-state index contributed by atoms with van der Waals surface area (Å²) in [7, 11) is 0. The van der Waals surface area contributed by atoms with Crippen LogP contribution < -0.4 is 0 Å². The number of benzene rings is 1. The first-order valence-corrected chi connectivity index (χ1v) is 6.42. The standard InChI is InChI=1S/C15H21NO/c1-11-6-5-7-12(8-11)14(2,3)16-9-13-15(4,10-16)17-13/h5-8,13H,9-10H2,1-4H3/t13-,15+/m0/s1. The predicted octanol–water partition coefficient (Wildman–Crippen LogP) is 2.70. The molecule has 0 radical (unpaired) electrons. The molecule has 0 spiro atoms. The van der Waals surface area contributed by atoms with E-state index in [1.807, 2.05) is 0 Å². The molecule has 2 aliphatic rings. The summed E-state index contributed by atoms with van der Waals surface area (Å²) in [6.07, 6.45) is 0.464. The second kappa shape index (κ2) is 3.33. The quantitative estimate of drug-likeness (QED) is 0.727. The van der Waals surface area contributed by atoms with Gasteiger partial charge in [0.1, 0.15) is 11.7 Å². The molecule has 0 bridgehead atoms. The molecule has 2 heterocycles. The van der Waals surface area contributed by atoms with Gasteiger partial charge in [-0.1, -0.05) is 29.8 Å². The number of ether oxygens (including phenoxy) is 1. The molecule has 2 nitrogen and oxygen atoms in total. The van der Waals surface area contributed by atoms with E-state index in [4.69, 9.17) is 4.74 Å². The number of fused-ring (bicyclic) bond motifs is 1. The van der Waals surface area contributed by atoms with Gasteiger partial charge in [-0.15, -0.1) is 0 Å². The highest BCUT2D eigenvalue weighted by atomic mass is 16.6. The molecule has 2 saturated heterocycles. The van der Waals surface area contributed by atoms with Gasteiger partial charge in [-0.2, -0.15) is 0 Å². The van der Waals surface area contributed by atoms with E-state index in [1.165, 1.54) is 11.1 Å². The van der Waals surface area contributed by atoms with Crippen molar-refractivity contribution < 1.29 is 4.74 Å². The third-order valence-corrected chi connectivity index (χ3v) is 4.44. The van der Waals surface area contributed by atoms with E-state index in [9.17, 15) is 0 Å². The maximum Gasteiger partial charge on any atom is 0.106 e. The number of likely N-dealkylation sites (tertiary alicyclic amines) is 1. The number of nitrogens with zero attached hydrogens (tertiary/aromatic N) is 1. The van der Waals surface area contributed by atoms with E-state index >= 15 is 0 Å². The minimum atomic E-state index is 0.103. The van der Waals surface area contributed by atoms with Crippen molar-refractivity contribution in [2.75, 3.05) is 13.1 Å². The fraction of sp³-hybridized carbons (Fsp3) is 0.600. The molecule has 0 saturated carbocycles. The summed E-state index contributed by atoms with van der Waals surface area (Å²) in [6.45, 7) is 11.1. The van der Waals surface area contributed by atoms with Crippen LogP contribution in [-0.4, -0.2) is 29.7 Å². The molecule has 0 aliphatic carbocycles. The van der Waals surface area contributed by atoms with Crippen LogP contribution in [0, 0.1) is 6.92 Å². The third-order valence-electron chi connectivity index (χ3n) is 4.44. The highest BCUT2D eigenvalue weighted by molar-refractivity contribution is 5.29. The second-order valence-corrected chi connectivity index (χ2v) is 6.23. The van der Waals surface area contributed by atoms with Gasteiger partial charge in [0, 0.05) is 18.6 Å². The van der Waals surface area contributed by atoms with Crippen LogP contribution >= 0.6 is 0 Å². The Hall–Kier alpha value is -0.860. The Morgan fingerprint density at radius 1 is 1.41 bits per heavy atom. The van der Waals surface area contributed by atoms with Crippen molar-refractivity contribution in [3.63, 3.8) is 0 Å². The number of aryl methyl sites for hydroxylation is 1. The van der Waals surface area contributed by atoms with Gasteiger partial charge in [0.15, 0.2) is 0 Å². The highest BCUT2D eigenvalue weighted by Crippen LogP contribution is 2.46. The van der Waals surface area contributed by atoms with Crippen LogP contribution in [0.25, 0.3) is 0 Å². The predicted molar refractivity (Wildman–Crippen MR) is 69.1 cm³/mol. The number of epoxide rings is 1. The molecule has 2 heteroatoms. The molecular weight excluding hydrogens is 210 g/mol. The van der Waals surface area contributed by atoms with Crippen molar-refractivity contribution >= 4 is 0 Å². The molecule has 3 rings (SSSR count). The van der Waals surface area contributed by atoms with Gasteiger partial charge in [0.05, 0.1) is 0 Å². The lowest BCUT2D eigenvalue weighted by Crippen LogP contribution is -2.42. The van der Waals surface area contributed by atoms with Crippen molar-refractivity contribution in [3.8, 4) is 0 Å². The minimum Gasteiger partial charge on any atom is -0.364 e. The van der Waals surface area contributed by atoms with Crippen LogP contribution in [0.3, 0.4) is 0 Å². The van der Waals surface area contributed by atoms with Crippen LogP contribution in [-0.2, 0) is 10.3 Å². The van der Waals surface area contributed by atoms with Gasteiger partial charge in [-0.05, 0) is 33.3 Å². The van der Waals surface area contributed by atoms with Crippen LogP contribution in [0.1, 0.15) is 31.9 Å². The molecule has 92 valence electrons. The maximum atomic E-state index is 5.68. The van der Waals surface area contributed by atoms with Crippen LogP contribution in [0.4, 0.5) is 0 Å². The van der Waals surface area contributed by atoms with E-state index in [1.54, 1.807) is 0 Å². The summed E-state index contributed by atoms with van der Waals surface area (Å²) < 4.78 is 5.68. The van der Waals surface area contributed by atoms with Crippen molar-refractivity contribution in [1.82, 2.24) is 4.90 Å². The molecular formula is C15H21NO. The SMILES string of the molecule is Cc1cccc(C(C)(C)N2C[C@@H]3O[C@]3(C)C2)c1. The lowest BCUT2D eigenvalue weighted by molar-refractivity contribution is 0.0790. The van der Waals surface area contributed by atoms with Gasteiger partial charge in [0.25, 0.3) is 0 Å². The Kier molecular flexibility index (Phi) is 2.20. The number of hydrogen-bond acceptors (Lipinski definition) is 2. The summed E-state index contributed by atoms with van der Waals surface area (Å²) in [6, 6.07) is 8.85. The molecule has 2 aliphatic heterocycles. The van der Waals surface area contributed by atoms with E-state index in [0.717, 1.165) is 13.1 Å². The van der Waals surface area contributed by atoms with E-state index in [-0.39, 0.29) is 11.1 Å². The molecule has 1 aromatic rings. The second-order valence-electron chi connectivity index (χ2n) is 6.23. The third kappa shape index (κ3) is 1.71. The van der Waals surface area contributed by atoms with Crippen molar-refractivity contribution in [1.29, 1.82) is 0 Å². The fourth-order valence-corrected chi connectivity index (χ4v) is 2.94. The molecule has 0 aromatic heterocycles. The summed E-state index contributed by atoms with van der Waals surface area (Å²) in [4.78, 5) is 2.55. The summed E-state index contributed by atoms with van der Waals surface area (Å²) in [5.74, 6) is 0. The van der Waals surface area contributed by atoms with Gasteiger partial charge in [-0.25, -0.2) is 0 Å². The molecule has 0 amide bonds. The first kappa shape index (κ1) is 11.2. The highest BCUT2D eigenvalue weighted by Gasteiger charge is 2.60. The number of rotatable bonds is 2. The lowest BCUT2D eigenvalue weighted by atomic mass is 9.91. The van der Waals surface area contributed by atoms with Gasteiger partial charge < -0.3 is 4.74 Å². The maximum absolute atomic E-state index is 5.68. The first-order valence-electron chi connectivity index (χ1n) is 6.42. The minimum absolute atomic E-state index is 0.103. The number of morpholine rings is 1. The smallest absolute Gasteiger partial charge is 0.106 e. The fourth-order valence-electron chi connectivity index (χ4n) is 2.94. The summed E-state index contributed by atoms with van der Waals surface area (Å²) >= 11 is 0. The monoisotopic (exact) mass is 231 g/mol. The van der Waals surface area contributed by atoms with Crippen molar-refractivity contribution in [2.45, 2.75) is 44.9 Å². The summed E-state index contributed by atoms with van der Waals surface area (Å²) in [5.41, 5.74) is 2.98. The molecule has 17 heavy (non-hydrogen) atoms. The van der Waals surface area contributed by atoms with Gasteiger partial charge in [-0.3, -0.25) is 4.90 Å². The van der Waals surface area contributed by atoms with E-state index < -0.39 is 0 Å². The first-order chi connectivity index (χ1) is 7.92. The molecule has 0 N–H and O–H groups in total. The molecule has 1 aromatic carbocycles. The zero-order chi connectivity index (χ0) is 12.3. The zero-order valence-corrected chi connectivity index (χ0v) is 11.2.